The largest absolute Gasteiger partial charge is 0.438 e. The molecule has 126 valence electrons. The highest BCUT2D eigenvalue weighted by Crippen LogP contribution is 2.33. The standard InChI is InChI=1S/C18H26N2O3/c1-11-18(22-11)20-16-6-5-15(23-16)17(21)14-4-2-3-12-7-13(8-14)10-19-9-12/h5-6,11-14,18-20H,2-4,7-10H2,1H3/p+1. The molecule has 1 aromatic rings. The molecule has 1 aromatic heterocycles. The lowest BCUT2D eigenvalue weighted by Crippen LogP contribution is -2.89. The number of nitrogens with two attached hydrogens (primary N) is 1. The monoisotopic (exact) mass is 319 g/mol. The van der Waals surface area contributed by atoms with E-state index in [4.69, 9.17) is 9.15 Å². The maximum Gasteiger partial charge on any atom is 0.201 e. The maximum absolute atomic E-state index is 12.8. The van der Waals surface area contributed by atoms with Gasteiger partial charge in [0.15, 0.2) is 17.9 Å². The molecule has 3 N–H and O–H groups in total. The summed E-state index contributed by atoms with van der Waals surface area (Å²) in [4.78, 5) is 12.8. The van der Waals surface area contributed by atoms with Gasteiger partial charge in [-0.25, -0.2) is 0 Å². The van der Waals surface area contributed by atoms with E-state index in [-0.39, 0.29) is 24.0 Å². The number of quaternary nitrogens is 1. The van der Waals surface area contributed by atoms with E-state index in [0.717, 1.165) is 18.8 Å². The van der Waals surface area contributed by atoms with E-state index in [0.29, 0.717) is 17.6 Å². The Morgan fingerprint density at radius 2 is 2.04 bits per heavy atom. The Morgan fingerprint density at radius 1 is 1.22 bits per heavy atom. The number of carbonyl (C=O) groups excluding carboxylic acids is 1. The molecular weight excluding hydrogens is 292 g/mol. The van der Waals surface area contributed by atoms with Crippen LogP contribution in [0.3, 0.4) is 0 Å². The van der Waals surface area contributed by atoms with E-state index in [1.807, 2.05) is 19.1 Å². The van der Waals surface area contributed by atoms with E-state index in [1.165, 1.54) is 32.4 Å². The number of hydrogen-bond donors (Lipinski definition) is 2. The van der Waals surface area contributed by atoms with Crippen molar-refractivity contribution in [2.45, 2.75) is 51.4 Å². The predicted molar refractivity (Wildman–Crippen MR) is 86.2 cm³/mol. The second-order valence-corrected chi connectivity index (χ2v) is 7.53. The van der Waals surface area contributed by atoms with Crippen LogP contribution in [-0.4, -0.2) is 31.2 Å². The number of rotatable bonds is 4. The van der Waals surface area contributed by atoms with Crippen LogP contribution in [0, 0.1) is 17.8 Å². The first kappa shape index (κ1) is 15.2. The summed E-state index contributed by atoms with van der Waals surface area (Å²) < 4.78 is 11.0. The summed E-state index contributed by atoms with van der Waals surface area (Å²) in [5.74, 6) is 3.01. The summed E-state index contributed by atoms with van der Waals surface area (Å²) in [7, 11) is 0. The fourth-order valence-corrected chi connectivity index (χ4v) is 4.30. The number of ketones is 1. The Balaban J connectivity index is 1.40. The third-order valence-corrected chi connectivity index (χ3v) is 5.66. The van der Waals surface area contributed by atoms with Crippen molar-refractivity contribution in [1.82, 2.24) is 0 Å². The van der Waals surface area contributed by atoms with Crippen molar-refractivity contribution < 1.29 is 19.3 Å². The van der Waals surface area contributed by atoms with Gasteiger partial charge in [0.05, 0.1) is 13.1 Å². The van der Waals surface area contributed by atoms with Crippen LogP contribution in [0.1, 0.15) is 49.6 Å². The van der Waals surface area contributed by atoms with Crippen molar-refractivity contribution in [3.63, 3.8) is 0 Å². The summed E-state index contributed by atoms with van der Waals surface area (Å²) in [5.41, 5.74) is 0. The molecule has 1 saturated carbocycles. The molecule has 1 aliphatic carbocycles. The molecule has 3 heterocycles. The van der Waals surface area contributed by atoms with Gasteiger partial charge in [0.25, 0.3) is 0 Å². The molecule has 0 radical (unpaired) electrons. The van der Waals surface area contributed by atoms with Gasteiger partial charge in [-0.05, 0) is 38.7 Å². The van der Waals surface area contributed by atoms with E-state index in [9.17, 15) is 4.79 Å². The number of piperidine rings is 1. The van der Waals surface area contributed by atoms with E-state index < -0.39 is 0 Å². The van der Waals surface area contributed by atoms with Crippen LogP contribution in [0.4, 0.5) is 5.88 Å². The zero-order chi connectivity index (χ0) is 15.8. The topological polar surface area (TPSA) is 71.4 Å². The average molecular weight is 319 g/mol. The zero-order valence-electron chi connectivity index (χ0n) is 13.8. The summed E-state index contributed by atoms with van der Waals surface area (Å²) in [6.45, 7) is 4.47. The minimum Gasteiger partial charge on any atom is -0.438 e. The Bertz CT molecular complexity index is 570. The van der Waals surface area contributed by atoms with Gasteiger partial charge >= 0.3 is 0 Å². The Hall–Kier alpha value is -1.33. The van der Waals surface area contributed by atoms with Crippen LogP contribution in [0.25, 0.3) is 0 Å². The summed E-state index contributed by atoms with van der Waals surface area (Å²) in [6, 6.07) is 3.65. The molecule has 4 rings (SSSR count). The molecule has 2 aliphatic heterocycles. The molecule has 0 aromatic carbocycles. The molecular formula is C18H27N2O3+. The Labute approximate surface area is 137 Å². The van der Waals surface area contributed by atoms with Gasteiger partial charge in [-0.2, -0.15) is 0 Å². The highest BCUT2D eigenvalue weighted by Gasteiger charge is 2.36. The minimum atomic E-state index is 0.0280. The van der Waals surface area contributed by atoms with Crippen LogP contribution in [0.5, 0.6) is 0 Å². The molecule has 0 spiro atoms. The number of ether oxygens (including phenoxy) is 1. The van der Waals surface area contributed by atoms with Crippen molar-refractivity contribution in [1.29, 1.82) is 0 Å². The SMILES string of the molecule is CC1OC1Nc1ccc(C(=O)C2CCCC3C[NH2+]CC(C3)C2)o1. The number of anilines is 1. The molecule has 23 heavy (non-hydrogen) atoms. The van der Waals surface area contributed by atoms with Gasteiger partial charge in [0, 0.05) is 23.8 Å². The molecule has 2 bridgehead atoms. The maximum atomic E-state index is 12.8. The average Bonchev–Trinajstić information content (AvgIpc) is 3.03. The highest BCUT2D eigenvalue weighted by atomic mass is 16.6. The zero-order valence-corrected chi connectivity index (χ0v) is 13.8. The number of epoxide rings is 1. The van der Waals surface area contributed by atoms with Crippen molar-refractivity contribution in [2.75, 3.05) is 18.4 Å². The minimum absolute atomic E-state index is 0.0280. The van der Waals surface area contributed by atoms with Gasteiger partial charge in [-0.3, -0.25) is 4.79 Å². The first-order valence-corrected chi connectivity index (χ1v) is 9.06. The third-order valence-electron chi connectivity index (χ3n) is 5.66. The molecule has 0 amide bonds. The second kappa shape index (κ2) is 6.29. The molecule has 2 saturated heterocycles. The fourth-order valence-electron chi connectivity index (χ4n) is 4.30. The van der Waals surface area contributed by atoms with E-state index >= 15 is 0 Å². The predicted octanol–water partition coefficient (Wildman–Crippen LogP) is 2.01. The number of furan rings is 1. The number of Topliss-reactive ketones (excluding diaryl/α,β-unsaturated/α-hetero) is 1. The molecule has 3 aliphatic rings. The summed E-state index contributed by atoms with van der Waals surface area (Å²) in [6.07, 6.45) is 6.04. The first-order valence-electron chi connectivity index (χ1n) is 9.06. The Kier molecular flexibility index (Phi) is 4.16. The van der Waals surface area contributed by atoms with Gasteiger partial charge < -0.3 is 19.8 Å². The lowest BCUT2D eigenvalue weighted by atomic mass is 9.76. The van der Waals surface area contributed by atoms with Gasteiger partial charge in [0.2, 0.25) is 5.78 Å². The Morgan fingerprint density at radius 3 is 2.87 bits per heavy atom. The van der Waals surface area contributed by atoms with Gasteiger partial charge in [-0.1, -0.05) is 6.42 Å². The molecule has 3 fully saturated rings. The number of nitrogens with one attached hydrogen (secondary N) is 1. The normalized spacial score (nSPS) is 36.8. The summed E-state index contributed by atoms with van der Waals surface area (Å²) >= 11 is 0. The lowest BCUT2D eigenvalue weighted by Gasteiger charge is -2.32. The fraction of sp³-hybridized carbons (Fsp3) is 0.722. The number of fused-ring (bicyclic) bond motifs is 2. The lowest BCUT2D eigenvalue weighted by molar-refractivity contribution is -0.676. The van der Waals surface area contributed by atoms with Gasteiger partial charge in [0.1, 0.15) is 6.10 Å². The quantitative estimate of drug-likeness (QED) is 0.658. The van der Waals surface area contributed by atoms with Gasteiger partial charge in [-0.15, -0.1) is 0 Å². The number of hydrogen-bond acceptors (Lipinski definition) is 4. The van der Waals surface area contributed by atoms with Crippen LogP contribution in [0.2, 0.25) is 0 Å². The highest BCUT2D eigenvalue weighted by molar-refractivity contribution is 5.95. The van der Waals surface area contributed by atoms with Crippen LogP contribution in [-0.2, 0) is 4.74 Å². The first-order chi connectivity index (χ1) is 11.2. The number of carbonyl (C=O) groups is 1. The molecule has 5 unspecified atom stereocenters. The molecule has 5 heteroatoms. The summed E-state index contributed by atoms with van der Waals surface area (Å²) in [5, 5.41) is 5.60. The van der Waals surface area contributed by atoms with Crippen molar-refractivity contribution in [3.8, 4) is 0 Å². The smallest absolute Gasteiger partial charge is 0.201 e. The molecule has 5 atom stereocenters. The van der Waals surface area contributed by atoms with Crippen LogP contribution in [0.15, 0.2) is 16.5 Å². The second-order valence-electron chi connectivity index (χ2n) is 7.53. The van der Waals surface area contributed by atoms with Crippen molar-refractivity contribution in [3.05, 3.63) is 17.9 Å². The van der Waals surface area contributed by atoms with E-state index in [2.05, 4.69) is 10.6 Å². The van der Waals surface area contributed by atoms with Crippen molar-refractivity contribution in [2.24, 2.45) is 17.8 Å². The van der Waals surface area contributed by atoms with E-state index in [1.54, 1.807) is 0 Å². The molecule has 5 nitrogen and oxygen atoms in total. The van der Waals surface area contributed by atoms with Crippen LogP contribution < -0.4 is 10.6 Å². The third kappa shape index (κ3) is 3.45. The van der Waals surface area contributed by atoms with Crippen molar-refractivity contribution >= 4 is 11.7 Å². The van der Waals surface area contributed by atoms with Crippen LogP contribution >= 0.6 is 0 Å².